The van der Waals surface area contributed by atoms with Crippen molar-refractivity contribution in [3.63, 3.8) is 0 Å². The normalized spacial score (nSPS) is 10.1. The van der Waals surface area contributed by atoms with E-state index in [1.54, 1.807) is 0 Å². The van der Waals surface area contributed by atoms with Crippen molar-refractivity contribution in [3.05, 3.63) is 15.9 Å². The van der Waals surface area contributed by atoms with Crippen LogP contribution in [0.5, 0.6) is 0 Å². The lowest BCUT2D eigenvalue weighted by molar-refractivity contribution is 0.474. The Balaban J connectivity index is 3.04. The third-order valence-electron chi connectivity index (χ3n) is 1.07. The van der Waals surface area contributed by atoms with E-state index in [0.717, 1.165) is 10.2 Å². The zero-order valence-electron chi connectivity index (χ0n) is 4.91. The molecule has 0 bridgehead atoms. The number of aromatic amines is 1. The fourth-order valence-corrected chi connectivity index (χ4v) is 0.838. The van der Waals surface area contributed by atoms with Crippen LogP contribution in [0, 0.1) is 6.92 Å². The Hall–Kier alpha value is -0.380. The highest BCUT2D eigenvalue weighted by Gasteiger charge is 2.04. The molecule has 0 radical (unpaired) electrons. The van der Waals surface area contributed by atoms with Gasteiger partial charge in [-0.25, -0.2) is 4.39 Å². The number of rotatable bonds is 1. The average molecular weight is 193 g/mol. The number of aromatic nitrogens is 2. The van der Waals surface area contributed by atoms with Gasteiger partial charge in [-0.2, -0.15) is 5.10 Å². The molecule has 0 fully saturated rings. The van der Waals surface area contributed by atoms with Gasteiger partial charge in [-0.15, -0.1) is 0 Å². The molecule has 0 spiro atoms. The molecule has 50 valence electrons. The van der Waals surface area contributed by atoms with Crippen LogP contribution in [-0.4, -0.2) is 10.2 Å². The Kier molecular flexibility index (Phi) is 1.85. The molecular weight excluding hydrogens is 187 g/mol. The Labute approximate surface area is 60.6 Å². The maximum atomic E-state index is 11.9. The van der Waals surface area contributed by atoms with Gasteiger partial charge in [0.1, 0.15) is 12.4 Å². The summed E-state index contributed by atoms with van der Waals surface area (Å²) in [5, 5.41) is 6.34. The van der Waals surface area contributed by atoms with Crippen LogP contribution in [0.3, 0.4) is 0 Å². The monoisotopic (exact) mass is 192 g/mol. The van der Waals surface area contributed by atoms with E-state index in [1.807, 2.05) is 6.92 Å². The minimum Gasteiger partial charge on any atom is -0.281 e. The minimum atomic E-state index is -0.523. The summed E-state index contributed by atoms with van der Waals surface area (Å²) in [6, 6.07) is 0. The molecule has 1 aromatic heterocycles. The zero-order valence-corrected chi connectivity index (χ0v) is 6.50. The number of hydrogen-bond donors (Lipinski definition) is 1. The van der Waals surface area contributed by atoms with E-state index >= 15 is 0 Å². The average Bonchev–Trinajstić information content (AvgIpc) is 2.15. The van der Waals surface area contributed by atoms with E-state index in [1.165, 1.54) is 0 Å². The molecule has 0 saturated heterocycles. The van der Waals surface area contributed by atoms with Crippen LogP contribution in [0.1, 0.15) is 11.4 Å². The number of nitrogens with one attached hydrogen (secondary N) is 1. The smallest absolute Gasteiger partial charge is 0.134 e. The standard InChI is InChI=1S/C5H6BrFN2/c1-3-5(6)4(2-7)9-8-3/h2H2,1H3,(H,8,9). The van der Waals surface area contributed by atoms with E-state index in [-0.39, 0.29) is 0 Å². The first-order valence-electron chi connectivity index (χ1n) is 2.51. The first-order chi connectivity index (χ1) is 4.25. The van der Waals surface area contributed by atoms with Crippen molar-refractivity contribution in [2.24, 2.45) is 0 Å². The van der Waals surface area contributed by atoms with Crippen molar-refractivity contribution in [1.29, 1.82) is 0 Å². The van der Waals surface area contributed by atoms with Gasteiger partial charge in [-0.3, -0.25) is 5.10 Å². The predicted molar refractivity (Wildman–Crippen MR) is 35.8 cm³/mol. The molecule has 0 aliphatic heterocycles. The number of alkyl halides is 1. The maximum absolute atomic E-state index is 11.9. The second-order valence-corrected chi connectivity index (χ2v) is 2.54. The molecule has 2 nitrogen and oxygen atoms in total. The summed E-state index contributed by atoms with van der Waals surface area (Å²) in [6.07, 6.45) is 0. The SMILES string of the molecule is Cc1[nH]nc(CF)c1Br. The Morgan fingerprint density at radius 2 is 2.44 bits per heavy atom. The van der Waals surface area contributed by atoms with Crippen molar-refractivity contribution in [2.45, 2.75) is 13.6 Å². The number of H-pyrrole nitrogens is 1. The molecule has 0 amide bonds. The molecule has 1 heterocycles. The van der Waals surface area contributed by atoms with E-state index in [0.29, 0.717) is 5.69 Å². The van der Waals surface area contributed by atoms with Crippen molar-refractivity contribution in [2.75, 3.05) is 0 Å². The minimum absolute atomic E-state index is 0.438. The summed E-state index contributed by atoms with van der Waals surface area (Å²) in [6.45, 7) is 1.31. The van der Waals surface area contributed by atoms with Crippen LogP contribution in [0.2, 0.25) is 0 Å². The molecule has 9 heavy (non-hydrogen) atoms. The third kappa shape index (κ3) is 1.13. The van der Waals surface area contributed by atoms with E-state index in [2.05, 4.69) is 26.1 Å². The predicted octanol–water partition coefficient (Wildman–Crippen LogP) is 1.95. The highest BCUT2D eigenvalue weighted by Crippen LogP contribution is 2.18. The summed E-state index contributed by atoms with van der Waals surface area (Å²) >= 11 is 3.18. The van der Waals surface area contributed by atoms with Crippen molar-refractivity contribution in [1.82, 2.24) is 10.2 Å². The van der Waals surface area contributed by atoms with Crippen LogP contribution in [0.4, 0.5) is 4.39 Å². The van der Waals surface area contributed by atoms with Gasteiger partial charge in [0, 0.05) is 5.69 Å². The van der Waals surface area contributed by atoms with Crippen molar-refractivity contribution in [3.8, 4) is 0 Å². The lowest BCUT2D eigenvalue weighted by atomic mass is 10.4. The summed E-state index contributed by atoms with van der Waals surface area (Å²) < 4.78 is 12.6. The molecule has 1 aromatic rings. The maximum Gasteiger partial charge on any atom is 0.134 e. The second kappa shape index (κ2) is 2.47. The molecule has 4 heteroatoms. The summed E-state index contributed by atoms with van der Waals surface area (Å²) in [7, 11) is 0. The van der Waals surface area contributed by atoms with Gasteiger partial charge in [0.2, 0.25) is 0 Å². The number of hydrogen-bond acceptors (Lipinski definition) is 1. The van der Waals surface area contributed by atoms with Gasteiger partial charge < -0.3 is 0 Å². The fourth-order valence-electron chi connectivity index (χ4n) is 0.554. The van der Waals surface area contributed by atoms with Crippen LogP contribution >= 0.6 is 15.9 Å². The van der Waals surface area contributed by atoms with E-state index < -0.39 is 6.67 Å². The molecule has 0 aliphatic carbocycles. The van der Waals surface area contributed by atoms with Crippen LogP contribution in [0.15, 0.2) is 4.47 Å². The lowest BCUT2D eigenvalue weighted by Crippen LogP contribution is -1.77. The lowest BCUT2D eigenvalue weighted by Gasteiger charge is -1.84. The van der Waals surface area contributed by atoms with Crippen molar-refractivity contribution < 1.29 is 4.39 Å². The first-order valence-corrected chi connectivity index (χ1v) is 3.30. The van der Waals surface area contributed by atoms with Gasteiger partial charge in [0.05, 0.1) is 4.47 Å². The van der Waals surface area contributed by atoms with E-state index in [4.69, 9.17) is 0 Å². The molecular formula is C5H6BrFN2. The van der Waals surface area contributed by atoms with Gasteiger partial charge in [-0.1, -0.05) is 0 Å². The Bertz CT molecular complexity index is 209. The van der Waals surface area contributed by atoms with Crippen LogP contribution < -0.4 is 0 Å². The van der Waals surface area contributed by atoms with E-state index in [9.17, 15) is 4.39 Å². The third-order valence-corrected chi connectivity index (χ3v) is 2.12. The first kappa shape index (κ1) is 6.74. The Morgan fingerprint density at radius 3 is 2.67 bits per heavy atom. The highest BCUT2D eigenvalue weighted by atomic mass is 79.9. The molecule has 0 unspecified atom stereocenters. The second-order valence-electron chi connectivity index (χ2n) is 1.74. The molecule has 1 rings (SSSR count). The van der Waals surface area contributed by atoms with Crippen LogP contribution in [0.25, 0.3) is 0 Å². The molecule has 0 saturated carbocycles. The quantitative estimate of drug-likeness (QED) is 0.725. The number of halogens is 2. The summed E-state index contributed by atoms with van der Waals surface area (Å²) in [4.78, 5) is 0. The largest absolute Gasteiger partial charge is 0.281 e. The number of nitrogens with zero attached hydrogens (tertiary/aromatic N) is 1. The van der Waals surface area contributed by atoms with Gasteiger partial charge in [0.15, 0.2) is 0 Å². The van der Waals surface area contributed by atoms with Crippen LogP contribution in [-0.2, 0) is 6.67 Å². The van der Waals surface area contributed by atoms with Gasteiger partial charge in [-0.05, 0) is 22.9 Å². The zero-order chi connectivity index (χ0) is 6.85. The Morgan fingerprint density at radius 1 is 1.78 bits per heavy atom. The molecule has 0 atom stereocenters. The van der Waals surface area contributed by atoms with Gasteiger partial charge >= 0.3 is 0 Å². The summed E-state index contributed by atoms with van der Waals surface area (Å²) in [5.41, 5.74) is 1.30. The number of aryl methyl sites for hydroxylation is 1. The topological polar surface area (TPSA) is 28.7 Å². The molecule has 0 aromatic carbocycles. The highest BCUT2D eigenvalue weighted by molar-refractivity contribution is 9.10. The van der Waals surface area contributed by atoms with Crippen molar-refractivity contribution >= 4 is 15.9 Å². The fraction of sp³-hybridized carbons (Fsp3) is 0.400. The molecule has 0 aliphatic rings. The van der Waals surface area contributed by atoms with Gasteiger partial charge in [0.25, 0.3) is 0 Å². The molecule has 1 N–H and O–H groups in total. The summed E-state index contributed by atoms with van der Waals surface area (Å²) in [5.74, 6) is 0.